The average molecular weight is 356 g/mol. The van der Waals surface area contributed by atoms with E-state index in [4.69, 9.17) is 9.47 Å². The first kappa shape index (κ1) is 17.3. The smallest absolute Gasteiger partial charge is 0.339 e. The van der Waals surface area contributed by atoms with E-state index in [0.717, 1.165) is 0 Å². The van der Waals surface area contributed by atoms with Crippen LogP contribution in [0.1, 0.15) is 20.7 Å². The molecule has 0 aliphatic carbocycles. The predicted octanol–water partition coefficient (Wildman–Crippen LogP) is 1.57. The van der Waals surface area contributed by atoms with Crippen LogP contribution in [0.5, 0.6) is 11.5 Å². The summed E-state index contributed by atoms with van der Waals surface area (Å²) in [5, 5.41) is 5.08. The number of anilines is 1. The number of ether oxygens (including phenoxy) is 3. The molecule has 1 heterocycles. The number of fused-ring (bicyclic) bond motifs is 1. The summed E-state index contributed by atoms with van der Waals surface area (Å²) in [5.41, 5.74) is 0.879. The van der Waals surface area contributed by atoms with Crippen LogP contribution in [0.25, 0.3) is 0 Å². The second kappa shape index (κ2) is 7.56. The Morgan fingerprint density at radius 3 is 2.65 bits per heavy atom. The average Bonchev–Trinajstić information content (AvgIpc) is 3.13. The zero-order chi connectivity index (χ0) is 18.5. The quantitative estimate of drug-likeness (QED) is 0.789. The standard InChI is InChI=1S/C18H16N2O6/c1-24-18(23)12-4-2-3-5-13(12)20-16(21)9-19-17(22)11-6-7-14-15(8-11)26-10-25-14/h2-8H,9-10H2,1H3,(H,19,22)(H,20,21). The molecule has 2 N–H and O–H groups in total. The van der Waals surface area contributed by atoms with Gasteiger partial charge < -0.3 is 24.8 Å². The van der Waals surface area contributed by atoms with Crippen LogP contribution in [0.2, 0.25) is 0 Å². The van der Waals surface area contributed by atoms with Gasteiger partial charge in [0.1, 0.15) is 0 Å². The SMILES string of the molecule is COC(=O)c1ccccc1NC(=O)CNC(=O)c1ccc2c(c1)OCO2. The van der Waals surface area contributed by atoms with Crippen molar-refractivity contribution in [2.75, 3.05) is 25.8 Å². The van der Waals surface area contributed by atoms with Crippen LogP contribution in [0.15, 0.2) is 42.5 Å². The number of rotatable bonds is 5. The molecule has 134 valence electrons. The Bertz CT molecular complexity index is 865. The van der Waals surface area contributed by atoms with Crippen LogP contribution in [-0.2, 0) is 9.53 Å². The first-order chi connectivity index (χ1) is 12.6. The first-order valence-corrected chi connectivity index (χ1v) is 7.73. The van der Waals surface area contributed by atoms with Gasteiger partial charge in [-0.1, -0.05) is 12.1 Å². The number of carbonyl (C=O) groups excluding carboxylic acids is 3. The van der Waals surface area contributed by atoms with Crippen molar-refractivity contribution in [2.45, 2.75) is 0 Å². The summed E-state index contributed by atoms with van der Waals surface area (Å²) >= 11 is 0. The molecule has 26 heavy (non-hydrogen) atoms. The molecule has 0 aromatic heterocycles. The molecule has 2 aromatic rings. The zero-order valence-corrected chi connectivity index (χ0v) is 13.9. The number of esters is 1. The third kappa shape index (κ3) is 3.75. The third-order valence-corrected chi connectivity index (χ3v) is 3.65. The van der Waals surface area contributed by atoms with Crippen molar-refractivity contribution in [2.24, 2.45) is 0 Å². The van der Waals surface area contributed by atoms with Gasteiger partial charge in [-0.25, -0.2) is 4.79 Å². The highest BCUT2D eigenvalue weighted by molar-refractivity contribution is 6.03. The molecule has 1 aliphatic heterocycles. The van der Waals surface area contributed by atoms with E-state index in [9.17, 15) is 14.4 Å². The summed E-state index contributed by atoms with van der Waals surface area (Å²) in [6.45, 7) is -0.148. The maximum atomic E-state index is 12.2. The fourth-order valence-corrected chi connectivity index (χ4v) is 2.37. The Balaban J connectivity index is 1.59. The molecule has 2 aromatic carbocycles. The number of amides is 2. The molecule has 2 amide bonds. The minimum absolute atomic E-state index is 0.114. The number of methoxy groups -OCH3 is 1. The Kier molecular flexibility index (Phi) is 5.02. The molecule has 0 atom stereocenters. The molecule has 0 spiro atoms. The van der Waals surface area contributed by atoms with Gasteiger partial charge in [0.15, 0.2) is 11.5 Å². The van der Waals surface area contributed by atoms with Gasteiger partial charge in [0, 0.05) is 5.56 Å². The van der Waals surface area contributed by atoms with Gasteiger partial charge in [-0.3, -0.25) is 9.59 Å². The molecule has 3 rings (SSSR count). The first-order valence-electron chi connectivity index (χ1n) is 7.73. The molecule has 8 heteroatoms. The van der Waals surface area contributed by atoms with Crippen molar-refractivity contribution in [3.8, 4) is 11.5 Å². The van der Waals surface area contributed by atoms with Crippen LogP contribution in [0, 0.1) is 0 Å². The van der Waals surface area contributed by atoms with Crippen LogP contribution >= 0.6 is 0 Å². The fourth-order valence-electron chi connectivity index (χ4n) is 2.37. The summed E-state index contributed by atoms with van der Waals surface area (Å²) in [5.74, 6) is -0.423. The number of para-hydroxylation sites is 1. The van der Waals surface area contributed by atoms with E-state index in [1.54, 1.807) is 36.4 Å². The van der Waals surface area contributed by atoms with Gasteiger partial charge in [-0.05, 0) is 30.3 Å². The van der Waals surface area contributed by atoms with Crippen LogP contribution < -0.4 is 20.1 Å². The van der Waals surface area contributed by atoms with Crippen LogP contribution in [0.4, 0.5) is 5.69 Å². The normalized spacial score (nSPS) is 11.6. The van der Waals surface area contributed by atoms with Gasteiger partial charge in [-0.2, -0.15) is 0 Å². The Hall–Kier alpha value is -3.55. The van der Waals surface area contributed by atoms with E-state index >= 15 is 0 Å². The lowest BCUT2D eigenvalue weighted by molar-refractivity contribution is -0.115. The lowest BCUT2D eigenvalue weighted by Crippen LogP contribution is -2.33. The molecule has 0 saturated carbocycles. The van der Waals surface area contributed by atoms with E-state index in [0.29, 0.717) is 22.7 Å². The number of hydrogen-bond acceptors (Lipinski definition) is 6. The Morgan fingerprint density at radius 2 is 1.85 bits per heavy atom. The highest BCUT2D eigenvalue weighted by Gasteiger charge is 2.17. The number of hydrogen-bond donors (Lipinski definition) is 2. The lowest BCUT2D eigenvalue weighted by atomic mass is 10.1. The number of carbonyl (C=O) groups is 3. The van der Waals surface area contributed by atoms with Gasteiger partial charge in [0.05, 0.1) is 24.9 Å². The largest absolute Gasteiger partial charge is 0.465 e. The van der Waals surface area contributed by atoms with Crippen LogP contribution in [0.3, 0.4) is 0 Å². The highest BCUT2D eigenvalue weighted by atomic mass is 16.7. The Morgan fingerprint density at radius 1 is 1.08 bits per heavy atom. The Labute approximate surface area is 149 Å². The lowest BCUT2D eigenvalue weighted by Gasteiger charge is -2.10. The highest BCUT2D eigenvalue weighted by Crippen LogP contribution is 2.32. The second-order valence-electron chi connectivity index (χ2n) is 5.34. The van der Waals surface area contributed by atoms with Crippen molar-refractivity contribution in [1.82, 2.24) is 5.32 Å². The molecule has 1 aliphatic rings. The molecule has 0 fully saturated rings. The summed E-state index contributed by atoms with van der Waals surface area (Å²) in [6, 6.07) is 11.2. The third-order valence-electron chi connectivity index (χ3n) is 3.65. The van der Waals surface area contributed by atoms with Gasteiger partial charge in [0.25, 0.3) is 5.91 Å². The van der Waals surface area contributed by atoms with Crippen molar-refractivity contribution in [3.05, 3.63) is 53.6 Å². The molecule has 0 saturated heterocycles. The van der Waals surface area contributed by atoms with E-state index in [-0.39, 0.29) is 18.9 Å². The van der Waals surface area contributed by atoms with Crippen molar-refractivity contribution < 1.29 is 28.6 Å². The van der Waals surface area contributed by atoms with Gasteiger partial charge in [0.2, 0.25) is 12.7 Å². The molecule has 8 nitrogen and oxygen atoms in total. The maximum Gasteiger partial charge on any atom is 0.339 e. The fraction of sp³-hybridized carbons (Fsp3) is 0.167. The second-order valence-corrected chi connectivity index (χ2v) is 5.34. The topological polar surface area (TPSA) is 103 Å². The molecular formula is C18H16N2O6. The number of benzene rings is 2. The minimum atomic E-state index is -0.565. The molecule has 0 bridgehead atoms. The van der Waals surface area contributed by atoms with Gasteiger partial charge >= 0.3 is 5.97 Å². The van der Waals surface area contributed by atoms with E-state index < -0.39 is 17.8 Å². The van der Waals surface area contributed by atoms with Crippen molar-refractivity contribution in [3.63, 3.8) is 0 Å². The summed E-state index contributed by atoms with van der Waals surface area (Å²) in [6.07, 6.45) is 0. The summed E-state index contributed by atoms with van der Waals surface area (Å²) < 4.78 is 15.1. The van der Waals surface area contributed by atoms with Crippen molar-refractivity contribution >= 4 is 23.5 Å². The van der Waals surface area contributed by atoms with Crippen LogP contribution in [-0.4, -0.2) is 38.2 Å². The minimum Gasteiger partial charge on any atom is -0.465 e. The van der Waals surface area contributed by atoms with E-state index in [1.807, 2.05) is 0 Å². The monoisotopic (exact) mass is 356 g/mol. The summed E-state index contributed by atoms with van der Waals surface area (Å²) in [4.78, 5) is 35.9. The van der Waals surface area contributed by atoms with Crippen molar-refractivity contribution in [1.29, 1.82) is 0 Å². The van der Waals surface area contributed by atoms with Gasteiger partial charge in [-0.15, -0.1) is 0 Å². The number of nitrogens with one attached hydrogen (secondary N) is 2. The predicted molar refractivity (Wildman–Crippen MR) is 91.3 cm³/mol. The molecule has 0 radical (unpaired) electrons. The van der Waals surface area contributed by atoms with E-state index in [2.05, 4.69) is 15.4 Å². The molecular weight excluding hydrogens is 340 g/mol. The van der Waals surface area contributed by atoms with E-state index in [1.165, 1.54) is 13.2 Å². The zero-order valence-electron chi connectivity index (χ0n) is 13.9. The summed E-state index contributed by atoms with van der Waals surface area (Å²) in [7, 11) is 1.26. The maximum absolute atomic E-state index is 12.2. The molecule has 0 unspecified atom stereocenters.